The molecule has 1 N–H and O–H groups in total. The highest BCUT2D eigenvalue weighted by molar-refractivity contribution is 7.12. The fourth-order valence-electron chi connectivity index (χ4n) is 3.70. The lowest BCUT2D eigenvalue weighted by Crippen LogP contribution is -2.42. The van der Waals surface area contributed by atoms with E-state index >= 15 is 0 Å². The van der Waals surface area contributed by atoms with Gasteiger partial charge in [-0.1, -0.05) is 6.07 Å². The van der Waals surface area contributed by atoms with Crippen molar-refractivity contribution >= 4 is 23.2 Å². The summed E-state index contributed by atoms with van der Waals surface area (Å²) in [4.78, 5) is 37.5. The van der Waals surface area contributed by atoms with Gasteiger partial charge in [0.1, 0.15) is 0 Å². The van der Waals surface area contributed by atoms with Crippen molar-refractivity contribution in [1.82, 2.24) is 14.9 Å². The lowest BCUT2D eigenvalue weighted by Gasteiger charge is -2.35. The summed E-state index contributed by atoms with van der Waals surface area (Å²) in [7, 11) is 0. The second-order valence-corrected chi connectivity index (χ2v) is 7.75. The number of thiophene rings is 1. The van der Waals surface area contributed by atoms with E-state index in [2.05, 4.69) is 16.8 Å². The number of aromatic amines is 1. The Morgan fingerprint density at radius 3 is 3.00 bits per heavy atom. The summed E-state index contributed by atoms with van der Waals surface area (Å²) in [5.74, 6) is 0.678. The van der Waals surface area contributed by atoms with Gasteiger partial charge in [-0.3, -0.25) is 14.6 Å². The van der Waals surface area contributed by atoms with Gasteiger partial charge in [0.15, 0.2) is 0 Å². The molecule has 0 radical (unpaired) electrons. The Morgan fingerprint density at radius 1 is 1.36 bits per heavy atom. The molecule has 7 heteroatoms. The van der Waals surface area contributed by atoms with Crippen LogP contribution in [0.25, 0.3) is 0 Å². The Bertz CT molecular complexity index is 830. The summed E-state index contributed by atoms with van der Waals surface area (Å²) in [5, 5.41) is 1.91. The maximum atomic E-state index is 12.6. The van der Waals surface area contributed by atoms with Crippen LogP contribution < -0.4 is 10.5 Å². The number of aromatic nitrogens is 2. The first-order valence-electron chi connectivity index (χ1n) is 8.85. The Balaban J connectivity index is 1.62. The van der Waals surface area contributed by atoms with Gasteiger partial charge in [0.05, 0.1) is 17.1 Å². The van der Waals surface area contributed by atoms with E-state index < -0.39 is 0 Å². The molecular weight excluding hydrogens is 336 g/mol. The minimum Gasteiger partial charge on any atom is -0.340 e. The largest absolute Gasteiger partial charge is 0.340 e. The number of hydrogen-bond donors (Lipinski definition) is 1. The highest BCUT2D eigenvalue weighted by Crippen LogP contribution is 2.24. The van der Waals surface area contributed by atoms with Gasteiger partial charge in [-0.15, -0.1) is 11.3 Å². The number of nitrogens with zero attached hydrogens (tertiary/aromatic N) is 3. The average molecular weight is 358 g/mol. The highest BCUT2D eigenvalue weighted by atomic mass is 32.1. The first-order valence-corrected chi connectivity index (χ1v) is 9.73. The van der Waals surface area contributed by atoms with Crippen LogP contribution in [-0.4, -0.2) is 39.9 Å². The molecule has 6 nitrogen and oxygen atoms in total. The molecule has 0 aromatic carbocycles. The number of piperidine rings is 1. The second-order valence-electron chi connectivity index (χ2n) is 6.81. The number of hydrogen-bond acceptors (Lipinski definition) is 5. The summed E-state index contributed by atoms with van der Waals surface area (Å²) in [6, 6.07) is 4.10. The maximum absolute atomic E-state index is 12.6. The van der Waals surface area contributed by atoms with E-state index in [-0.39, 0.29) is 11.5 Å². The zero-order valence-corrected chi connectivity index (χ0v) is 15.1. The van der Waals surface area contributed by atoms with Crippen LogP contribution in [0.2, 0.25) is 0 Å². The molecule has 4 rings (SSSR count). The molecule has 1 fully saturated rings. The van der Waals surface area contributed by atoms with Gasteiger partial charge < -0.3 is 9.80 Å². The molecule has 2 aromatic rings. The van der Waals surface area contributed by atoms with Gasteiger partial charge in [0.25, 0.3) is 11.5 Å². The van der Waals surface area contributed by atoms with Crippen LogP contribution in [0.3, 0.4) is 0 Å². The molecule has 132 valence electrons. The van der Waals surface area contributed by atoms with Crippen molar-refractivity contribution in [2.75, 3.05) is 18.0 Å². The Kier molecular flexibility index (Phi) is 4.33. The van der Waals surface area contributed by atoms with Crippen molar-refractivity contribution in [3.63, 3.8) is 0 Å². The summed E-state index contributed by atoms with van der Waals surface area (Å²) >= 11 is 1.45. The Hall–Kier alpha value is -2.15. The quantitative estimate of drug-likeness (QED) is 0.895. The number of carbonyl (C=O) groups is 1. The van der Waals surface area contributed by atoms with Crippen LogP contribution >= 0.6 is 11.3 Å². The Morgan fingerprint density at radius 2 is 2.24 bits per heavy atom. The average Bonchev–Trinajstić information content (AvgIpc) is 3.15. The van der Waals surface area contributed by atoms with Crippen molar-refractivity contribution < 1.29 is 4.79 Å². The van der Waals surface area contributed by atoms with Crippen LogP contribution in [0, 0.1) is 0 Å². The molecule has 0 saturated carbocycles. The van der Waals surface area contributed by atoms with Crippen molar-refractivity contribution in [1.29, 1.82) is 0 Å². The molecule has 0 spiro atoms. The molecule has 0 aliphatic carbocycles. The van der Waals surface area contributed by atoms with E-state index in [1.54, 1.807) is 4.90 Å². The SMILES string of the molecule is CC1CCCCN1c1nc2c(c(=O)[nH]1)CCN(C(=O)c1cccs1)C2. The summed E-state index contributed by atoms with van der Waals surface area (Å²) in [6.45, 7) is 4.06. The lowest BCUT2D eigenvalue weighted by atomic mass is 10.0. The minimum absolute atomic E-state index is 0.0237. The number of anilines is 1. The van der Waals surface area contributed by atoms with E-state index in [9.17, 15) is 9.59 Å². The van der Waals surface area contributed by atoms with E-state index in [1.807, 2.05) is 17.5 Å². The number of nitrogens with one attached hydrogen (secondary N) is 1. The first kappa shape index (κ1) is 16.3. The normalized spacial score (nSPS) is 20.4. The predicted octanol–water partition coefficient (Wildman–Crippen LogP) is 2.41. The number of fused-ring (bicyclic) bond motifs is 1. The van der Waals surface area contributed by atoms with Gasteiger partial charge in [-0.05, 0) is 44.1 Å². The van der Waals surface area contributed by atoms with Crippen LogP contribution in [0.5, 0.6) is 0 Å². The highest BCUT2D eigenvalue weighted by Gasteiger charge is 2.27. The molecule has 1 unspecified atom stereocenters. The number of H-pyrrole nitrogens is 1. The number of rotatable bonds is 2. The van der Waals surface area contributed by atoms with Crippen molar-refractivity contribution in [3.05, 3.63) is 44.0 Å². The van der Waals surface area contributed by atoms with Gasteiger partial charge in [-0.25, -0.2) is 4.98 Å². The zero-order chi connectivity index (χ0) is 17.4. The smallest absolute Gasteiger partial charge is 0.264 e. The lowest BCUT2D eigenvalue weighted by molar-refractivity contribution is 0.0736. The summed E-state index contributed by atoms with van der Waals surface area (Å²) in [5.41, 5.74) is 1.41. The monoisotopic (exact) mass is 358 g/mol. The van der Waals surface area contributed by atoms with Crippen molar-refractivity contribution in [2.45, 2.75) is 45.2 Å². The van der Waals surface area contributed by atoms with Gasteiger partial charge in [0, 0.05) is 24.7 Å². The number of amides is 1. The fraction of sp³-hybridized carbons (Fsp3) is 0.500. The Labute approximate surface area is 150 Å². The molecule has 2 aromatic heterocycles. The molecule has 2 aliphatic rings. The van der Waals surface area contributed by atoms with Gasteiger partial charge in [0.2, 0.25) is 5.95 Å². The van der Waals surface area contributed by atoms with Crippen LogP contribution in [-0.2, 0) is 13.0 Å². The van der Waals surface area contributed by atoms with Gasteiger partial charge in [-0.2, -0.15) is 0 Å². The summed E-state index contributed by atoms with van der Waals surface area (Å²) in [6.07, 6.45) is 4.01. The molecule has 0 bridgehead atoms. The standard InChI is InChI=1S/C18H22N4O2S/c1-12-5-2-3-8-22(12)18-19-14-11-21(9-7-13(14)16(23)20-18)17(24)15-6-4-10-25-15/h4,6,10,12H,2-3,5,7-9,11H2,1H3,(H,19,20,23). The second kappa shape index (κ2) is 6.63. The van der Waals surface area contributed by atoms with Crippen molar-refractivity contribution in [3.8, 4) is 0 Å². The van der Waals surface area contributed by atoms with Crippen molar-refractivity contribution in [2.24, 2.45) is 0 Å². The van der Waals surface area contributed by atoms with E-state index in [0.29, 0.717) is 31.5 Å². The molecule has 1 amide bonds. The third-order valence-electron chi connectivity index (χ3n) is 5.16. The van der Waals surface area contributed by atoms with Crippen LogP contribution in [0.1, 0.15) is 47.1 Å². The minimum atomic E-state index is -0.0546. The zero-order valence-electron chi connectivity index (χ0n) is 14.3. The molecule has 2 aliphatic heterocycles. The van der Waals surface area contributed by atoms with E-state index in [4.69, 9.17) is 4.98 Å². The fourth-order valence-corrected chi connectivity index (χ4v) is 4.40. The summed E-state index contributed by atoms with van der Waals surface area (Å²) < 4.78 is 0. The molecular formula is C18H22N4O2S. The predicted molar refractivity (Wildman–Crippen MR) is 98.3 cm³/mol. The molecule has 25 heavy (non-hydrogen) atoms. The van der Waals surface area contributed by atoms with Crippen LogP contribution in [0.4, 0.5) is 5.95 Å². The van der Waals surface area contributed by atoms with E-state index in [0.717, 1.165) is 35.5 Å². The molecule has 1 saturated heterocycles. The topological polar surface area (TPSA) is 69.3 Å². The third kappa shape index (κ3) is 3.08. The molecule has 1 atom stereocenters. The number of carbonyl (C=O) groups excluding carboxylic acids is 1. The third-order valence-corrected chi connectivity index (χ3v) is 6.01. The maximum Gasteiger partial charge on any atom is 0.264 e. The van der Waals surface area contributed by atoms with Gasteiger partial charge >= 0.3 is 0 Å². The van der Waals surface area contributed by atoms with Crippen LogP contribution in [0.15, 0.2) is 22.3 Å². The van der Waals surface area contributed by atoms with E-state index in [1.165, 1.54) is 17.8 Å². The first-order chi connectivity index (χ1) is 12.1. The molecule has 4 heterocycles.